The van der Waals surface area contributed by atoms with E-state index in [9.17, 15) is 14.3 Å². The van der Waals surface area contributed by atoms with Gasteiger partial charge in [-0.1, -0.05) is 0 Å². The number of carbonyl (C=O) groups is 1. The number of rotatable bonds is 1. The van der Waals surface area contributed by atoms with E-state index in [1.807, 2.05) is 0 Å². The zero-order valence-corrected chi connectivity index (χ0v) is 9.24. The van der Waals surface area contributed by atoms with Crippen LogP contribution < -0.4 is 11.1 Å². The first-order valence-corrected chi connectivity index (χ1v) is 5.37. The summed E-state index contributed by atoms with van der Waals surface area (Å²) in [5.74, 6) is -1.66. The van der Waals surface area contributed by atoms with E-state index in [0.29, 0.717) is 13.1 Å². The van der Waals surface area contributed by atoms with Crippen molar-refractivity contribution >= 4 is 11.6 Å². The fraction of sp³-hybridized carbons (Fsp3) is 0.364. The summed E-state index contributed by atoms with van der Waals surface area (Å²) in [6, 6.07) is 2.04. The average molecular weight is 239 g/mol. The van der Waals surface area contributed by atoms with Gasteiger partial charge in [-0.2, -0.15) is 0 Å². The summed E-state index contributed by atoms with van der Waals surface area (Å²) in [6.07, 6.45) is 0. The number of carbonyl (C=O) groups excluding carboxylic acids is 1. The van der Waals surface area contributed by atoms with Crippen LogP contribution in [0.1, 0.15) is 10.4 Å². The van der Waals surface area contributed by atoms with E-state index in [4.69, 9.17) is 5.73 Å². The van der Waals surface area contributed by atoms with Crippen molar-refractivity contribution in [3.05, 3.63) is 23.5 Å². The van der Waals surface area contributed by atoms with Gasteiger partial charge in [-0.3, -0.25) is 4.79 Å². The molecule has 4 N–H and O–H groups in total. The van der Waals surface area contributed by atoms with Gasteiger partial charge in [-0.25, -0.2) is 4.39 Å². The number of hydrogen-bond acceptors (Lipinski definition) is 4. The Morgan fingerprint density at radius 3 is 2.71 bits per heavy atom. The lowest BCUT2D eigenvalue weighted by atomic mass is 10.1. The lowest BCUT2D eigenvalue weighted by Gasteiger charge is -2.27. The molecular formula is C11H14FN3O2. The Morgan fingerprint density at radius 2 is 2.06 bits per heavy atom. The molecule has 1 amide bonds. The van der Waals surface area contributed by atoms with E-state index in [0.717, 1.165) is 25.2 Å². The molecule has 1 saturated heterocycles. The van der Waals surface area contributed by atoms with Crippen LogP contribution in [0.3, 0.4) is 0 Å². The lowest BCUT2D eigenvalue weighted by Crippen LogP contribution is -2.46. The SMILES string of the molecule is Nc1cc(F)c(O)cc1C(=O)N1CCNCC1. The third-order valence-electron chi connectivity index (χ3n) is 2.75. The smallest absolute Gasteiger partial charge is 0.256 e. The molecule has 0 saturated carbocycles. The number of amides is 1. The quantitative estimate of drug-likeness (QED) is 0.482. The second-order valence-electron chi connectivity index (χ2n) is 3.93. The molecule has 1 fully saturated rings. The van der Waals surface area contributed by atoms with Crippen molar-refractivity contribution < 1.29 is 14.3 Å². The predicted octanol–water partition coefficient (Wildman–Crippen LogP) is 0.159. The van der Waals surface area contributed by atoms with Crippen molar-refractivity contribution in [2.45, 2.75) is 0 Å². The Labute approximate surface area is 98.0 Å². The van der Waals surface area contributed by atoms with Gasteiger partial charge in [0.05, 0.1) is 5.56 Å². The molecule has 6 heteroatoms. The molecule has 0 bridgehead atoms. The van der Waals surface area contributed by atoms with Gasteiger partial charge >= 0.3 is 0 Å². The molecule has 92 valence electrons. The molecule has 5 nitrogen and oxygen atoms in total. The van der Waals surface area contributed by atoms with Crippen molar-refractivity contribution in [2.75, 3.05) is 31.9 Å². The molecule has 0 unspecified atom stereocenters. The van der Waals surface area contributed by atoms with E-state index < -0.39 is 11.6 Å². The van der Waals surface area contributed by atoms with Crippen LogP contribution in [-0.2, 0) is 0 Å². The van der Waals surface area contributed by atoms with E-state index in [1.54, 1.807) is 4.90 Å². The van der Waals surface area contributed by atoms with Gasteiger partial charge in [0.25, 0.3) is 5.91 Å². The largest absolute Gasteiger partial charge is 0.505 e. The van der Waals surface area contributed by atoms with Crippen LogP contribution in [0.4, 0.5) is 10.1 Å². The number of nitrogens with two attached hydrogens (primary N) is 1. The number of piperazine rings is 1. The van der Waals surface area contributed by atoms with Crippen LogP contribution in [0.15, 0.2) is 12.1 Å². The number of nitrogens with zero attached hydrogens (tertiary/aromatic N) is 1. The third kappa shape index (κ3) is 2.31. The normalized spacial score (nSPS) is 15.9. The zero-order chi connectivity index (χ0) is 12.4. The Balaban J connectivity index is 2.26. The average Bonchev–Trinajstić information content (AvgIpc) is 2.34. The number of anilines is 1. The number of phenols is 1. The Hall–Kier alpha value is -1.82. The highest BCUT2D eigenvalue weighted by atomic mass is 19.1. The zero-order valence-electron chi connectivity index (χ0n) is 9.24. The standard InChI is InChI=1S/C11H14FN3O2/c12-8-6-9(13)7(5-10(8)16)11(17)15-3-1-14-2-4-15/h5-6,14,16H,1-4,13H2. The van der Waals surface area contributed by atoms with Crippen LogP contribution in [0.5, 0.6) is 5.75 Å². The first-order chi connectivity index (χ1) is 8.09. The molecule has 1 aromatic rings. The van der Waals surface area contributed by atoms with Gasteiger partial charge in [-0.05, 0) is 6.07 Å². The van der Waals surface area contributed by atoms with Crippen molar-refractivity contribution in [1.82, 2.24) is 10.2 Å². The first-order valence-electron chi connectivity index (χ1n) is 5.37. The summed E-state index contributed by atoms with van der Waals surface area (Å²) in [5.41, 5.74) is 5.77. The number of nitrogens with one attached hydrogen (secondary N) is 1. The van der Waals surface area contributed by atoms with Gasteiger partial charge in [0.15, 0.2) is 11.6 Å². The highest BCUT2D eigenvalue weighted by molar-refractivity contribution is 5.99. The number of aromatic hydroxyl groups is 1. The molecule has 0 aliphatic carbocycles. The maximum Gasteiger partial charge on any atom is 0.256 e. The monoisotopic (exact) mass is 239 g/mol. The summed E-state index contributed by atoms with van der Waals surface area (Å²) in [6.45, 7) is 2.60. The topological polar surface area (TPSA) is 78.6 Å². The lowest BCUT2D eigenvalue weighted by molar-refractivity contribution is 0.0736. The van der Waals surface area contributed by atoms with Gasteiger partial charge in [0.2, 0.25) is 0 Å². The van der Waals surface area contributed by atoms with Crippen LogP contribution in [0.2, 0.25) is 0 Å². The highest BCUT2D eigenvalue weighted by Gasteiger charge is 2.21. The molecule has 17 heavy (non-hydrogen) atoms. The van der Waals surface area contributed by atoms with Crippen LogP contribution in [0.25, 0.3) is 0 Å². The number of phenolic OH excluding ortho intramolecular Hbond substituents is 1. The molecule has 1 aliphatic heterocycles. The maximum atomic E-state index is 13.0. The molecule has 0 aromatic heterocycles. The van der Waals surface area contributed by atoms with Gasteiger partial charge in [0.1, 0.15) is 0 Å². The van der Waals surface area contributed by atoms with E-state index >= 15 is 0 Å². The second-order valence-corrected chi connectivity index (χ2v) is 3.93. The van der Waals surface area contributed by atoms with Gasteiger partial charge in [0, 0.05) is 37.9 Å². The van der Waals surface area contributed by atoms with E-state index in [-0.39, 0.29) is 17.2 Å². The Morgan fingerprint density at radius 1 is 1.41 bits per heavy atom. The van der Waals surface area contributed by atoms with E-state index in [2.05, 4.69) is 5.32 Å². The first kappa shape index (κ1) is 11.7. The fourth-order valence-electron chi connectivity index (χ4n) is 1.80. The summed E-state index contributed by atoms with van der Waals surface area (Å²) in [7, 11) is 0. The van der Waals surface area contributed by atoms with E-state index in [1.165, 1.54) is 0 Å². The summed E-state index contributed by atoms with van der Waals surface area (Å²) >= 11 is 0. The highest BCUT2D eigenvalue weighted by Crippen LogP contribution is 2.24. The summed E-state index contributed by atoms with van der Waals surface area (Å²) in [5, 5.41) is 12.4. The molecule has 1 aliphatic rings. The number of halogens is 1. The van der Waals surface area contributed by atoms with Crippen molar-refractivity contribution in [1.29, 1.82) is 0 Å². The summed E-state index contributed by atoms with van der Waals surface area (Å²) < 4.78 is 13.0. The number of nitrogen functional groups attached to an aromatic ring is 1. The van der Waals surface area contributed by atoms with Crippen molar-refractivity contribution in [3.63, 3.8) is 0 Å². The Bertz CT molecular complexity index is 445. The minimum Gasteiger partial charge on any atom is -0.505 e. The minimum atomic E-state index is -0.820. The molecule has 0 spiro atoms. The third-order valence-corrected chi connectivity index (χ3v) is 2.75. The molecule has 1 aromatic carbocycles. The molecule has 2 rings (SSSR count). The Kier molecular flexibility index (Phi) is 3.14. The van der Waals surface area contributed by atoms with Crippen LogP contribution in [0, 0.1) is 5.82 Å². The molecule has 1 heterocycles. The predicted molar refractivity (Wildman–Crippen MR) is 61.3 cm³/mol. The number of benzene rings is 1. The van der Waals surface area contributed by atoms with Gasteiger partial charge < -0.3 is 21.1 Å². The molecular weight excluding hydrogens is 225 g/mol. The summed E-state index contributed by atoms with van der Waals surface area (Å²) in [4.78, 5) is 13.7. The van der Waals surface area contributed by atoms with Crippen LogP contribution >= 0.6 is 0 Å². The van der Waals surface area contributed by atoms with Crippen molar-refractivity contribution in [2.24, 2.45) is 0 Å². The molecule has 0 radical (unpaired) electrons. The fourth-order valence-corrected chi connectivity index (χ4v) is 1.80. The second kappa shape index (κ2) is 4.58. The van der Waals surface area contributed by atoms with Gasteiger partial charge in [-0.15, -0.1) is 0 Å². The van der Waals surface area contributed by atoms with Crippen molar-refractivity contribution in [3.8, 4) is 5.75 Å². The number of hydrogen-bond donors (Lipinski definition) is 3. The van der Waals surface area contributed by atoms with Crippen LogP contribution in [-0.4, -0.2) is 42.1 Å². The molecule has 0 atom stereocenters. The maximum absolute atomic E-state index is 13.0. The minimum absolute atomic E-state index is 0.0452.